The number of nitrogens with one attached hydrogen (secondary N) is 1. The molecule has 2 aromatic carbocycles. The molecular weight excluding hydrogens is 372 g/mol. The van der Waals surface area contributed by atoms with Gasteiger partial charge in [0.15, 0.2) is 11.6 Å². The predicted molar refractivity (Wildman–Crippen MR) is 113 cm³/mol. The van der Waals surface area contributed by atoms with E-state index in [1.54, 1.807) is 12.1 Å². The van der Waals surface area contributed by atoms with Gasteiger partial charge in [-0.2, -0.15) is 0 Å². The molecule has 6 nitrogen and oxygen atoms in total. The molecule has 0 saturated heterocycles. The first-order valence-electron chi connectivity index (χ1n) is 9.19. The van der Waals surface area contributed by atoms with E-state index in [0.717, 1.165) is 23.4 Å². The predicted octanol–water partition coefficient (Wildman–Crippen LogP) is 3.93. The highest BCUT2D eigenvalue weighted by Gasteiger charge is 2.14. The van der Waals surface area contributed by atoms with E-state index in [0.29, 0.717) is 12.2 Å². The number of sulfonamides is 1. The highest BCUT2D eigenvalue weighted by atomic mass is 32.2. The molecule has 1 heterocycles. The zero-order chi connectivity index (χ0) is 20.0. The van der Waals surface area contributed by atoms with Crippen LogP contribution in [-0.2, 0) is 16.4 Å². The van der Waals surface area contributed by atoms with E-state index in [4.69, 9.17) is 0 Å². The van der Waals surface area contributed by atoms with E-state index < -0.39 is 10.0 Å². The number of anilines is 3. The van der Waals surface area contributed by atoms with Crippen molar-refractivity contribution in [2.75, 3.05) is 21.9 Å². The minimum atomic E-state index is -3.50. The maximum absolute atomic E-state index is 12.3. The lowest BCUT2D eigenvalue weighted by Crippen LogP contribution is -2.21. The summed E-state index contributed by atoms with van der Waals surface area (Å²) in [5.41, 5.74) is 3.16. The SMILES string of the molecule is CCN(c1cccc(C)c1)c1ccc(NS(=O)(=O)CCc2ccccc2)nn1. The van der Waals surface area contributed by atoms with Crippen molar-refractivity contribution >= 4 is 27.3 Å². The van der Waals surface area contributed by atoms with E-state index in [9.17, 15) is 8.42 Å². The Morgan fingerprint density at radius 2 is 1.75 bits per heavy atom. The molecule has 0 unspecified atom stereocenters. The van der Waals surface area contributed by atoms with Gasteiger partial charge in [-0.3, -0.25) is 4.72 Å². The molecule has 0 fully saturated rings. The largest absolute Gasteiger partial charge is 0.325 e. The Morgan fingerprint density at radius 1 is 0.964 bits per heavy atom. The number of aromatic nitrogens is 2. The van der Waals surface area contributed by atoms with Gasteiger partial charge in [0.25, 0.3) is 0 Å². The first-order chi connectivity index (χ1) is 13.5. The quantitative estimate of drug-likeness (QED) is 0.624. The van der Waals surface area contributed by atoms with Crippen molar-refractivity contribution in [3.8, 4) is 0 Å². The molecule has 28 heavy (non-hydrogen) atoms. The molecule has 0 aliphatic carbocycles. The number of nitrogens with zero attached hydrogens (tertiary/aromatic N) is 3. The van der Waals surface area contributed by atoms with Crippen LogP contribution in [0.25, 0.3) is 0 Å². The van der Waals surface area contributed by atoms with Crippen molar-refractivity contribution < 1.29 is 8.42 Å². The van der Waals surface area contributed by atoms with Gasteiger partial charge in [-0.1, -0.05) is 42.5 Å². The average molecular weight is 397 g/mol. The second-order valence-corrected chi connectivity index (χ2v) is 8.36. The Labute approximate surface area is 166 Å². The molecule has 0 atom stereocenters. The third-order valence-electron chi connectivity index (χ3n) is 4.32. The van der Waals surface area contributed by atoms with Gasteiger partial charge in [-0.15, -0.1) is 10.2 Å². The Balaban J connectivity index is 1.68. The Bertz CT molecular complexity index is 1010. The highest BCUT2D eigenvalue weighted by Crippen LogP contribution is 2.24. The van der Waals surface area contributed by atoms with Crippen molar-refractivity contribution in [3.63, 3.8) is 0 Å². The molecule has 0 aliphatic rings. The van der Waals surface area contributed by atoms with Gasteiger partial charge < -0.3 is 4.90 Å². The fraction of sp³-hybridized carbons (Fsp3) is 0.238. The average Bonchev–Trinajstić information content (AvgIpc) is 2.69. The third kappa shape index (κ3) is 5.29. The number of rotatable bonds is 8. The van der Waals surface area contributed by atoms with Gasteiger partial charge >= 0.3 is 0 Å². The standard InChI is InChI=1S/C21H24N4O2S/c1-3-25(19-11-7-8-17(2)16-19)21-13-12-20(22-23-21)24-28(26,27)15-14-18-9-5-4-6-10-18/h4-13,16H,3,14-15H2,1-2H3,(H,22,24). The van der Waals surface area contributed by atoms with Crippen LogP contribution in [0, 0.1) is 6.92 Å². The zero-order valence-electron chi connectivity index (χ0n) is 16.0. The highest BCUT2D eigenvalue weighted by molar-refractivity contribution is 7.92. The van der Waals surface area contributed by atoms with Gasteiger partial charge in [0.1, 0.15) is 0 Å². The third-order valence-corrected chi connectivity index (χ3v) is 5.58. The molecule has 0 saturated carbocycles. The normalized spacial score (nSPS) is 11.2. The van der Waals surface area contributed by atoms with Crippen molar-refractivity contribution in [1.29, 1.82) is 0 Å². The van der Waals surface area contributed by atoms with Crippen molar-refractivity contribution in [2.24, 2.45) is 0 Å². The van der Waals surface area contributed by atoms with Crippen LogP contribution < -0.4 is 9.62 Å². The lowest BCUT2D eigenvalue weighted by atomic mass is 10.2. The molecule has 0 radical (unpaired) electrons. The lowest BCUT2D eigenvalue weighted by Gasteiger charge is -2.22. The first kappa shape index (κ1) is 19.8. The van der Waals surface area contributed by atoms with Crippen LogP contribution >= 0.6 is 0 Å². The summed E-state index contributed by atoms with van der Waals surface area (Å²) in [5, 5.41) is 8.26. The van der Waals surface area contributed by atoms with Crippen LogP contribution in [0.5, 0.6) is 0 Å². The van der Waals surface area contributed by atoms with Crippen LogP contribution in [0.1, 0.15) is 18.1 Å². The van der Waals surface area contributed by atoms with Crippen LogP contribution in [0.4, 0.5) is 17.3 Å². The number of benzene rings is 2. The molecule has 0 aliphatic heterocycles. The molecule has 0 bridgehead atoms. The summed E-state index contributed by atoms with van der Waals surface area (Å²) in [6.45, 7) is 4.79. The van der Waals surface area contributed by atoms with Gasteiger partial charge in [0.05, 0.1) is 5.75 Å². The Hall–Kier alpha value is -2.93. The Kier molecular flexibility index (Phi) is 6.26. The topological polar surface area (TPSA) is 75.2 Å². The second kappa shape index (κ2) is 8.84. The molecule has 0 amide bonds. The number of aryl methyl sites for hydroxylation is 2. The molecule has 146 valence electrons. The van der Waals surface area contributed by atoms with Crippen LogP contribution in [0.3, 0.4) is 0 Å². The summed E-state index contributed by atoms with van der Waals surface area (Å²) in [6, 6.07) is 21.1. The van der Waals surface area contributed by atoms with E-state index >= 15 is 0 Å². The molecule has 7 heteroatoms. The van der Waals surface area contributed by atoms with Gasteiger partial charge in [0.2, 0.25) is 10.0 Å². The maximum atomic E-state index is 12.3. The van der Waals surface area contributed by atoms with E-state index in [2.05, 4.69) is 21.0 Å². The van der Waals surface area contributed by atoms with Gasteiger partial charge in [0, 0.05) is 12.2 Å². The summed E-state index contributed by atoms with van der Waals surface area (Å²) < 4.78 is 27.1. The van der Waals surface area contributed by atoms with Crippen LogP contribution in [0.2, 0.25) is 0 Å². The van der Waals surface area contributed by atoms with Crippen LogP contribution in [0.15, 0.2) is 66.7 Å². The fourth-order valence-corrected chi connectivity index (χ4v) is 3.94. The fourth-order valence-electron chi connectivity index (χ4n) is 2.90. The van der Waals surface area contributed by atoms with E-state index in [1.165, 1.54) is 0 Å². The van der Waals surface area contributed by atoms with Crippen molar-refractivity contribution in [3.05, 3.63) is 77.9 Å². The van der Waals surface area contributed by atoms with E-state index in [-0.39, 0.29) is 11.6 Å². The lowest BCUT2D eigenvalue weighted by molar-refractivity contribution is 0.600. The maximum Gasteiger partial charge on any atom is 0.234 e. The molecule has 1 N–H and O–H groups in total. The minimum Gasteiger partial charge on any atom is -0.325 e. The number of hydrogen-bond donors (Lipinski definition) is 1. The summed E-state index contributed by atoms with van der Waals surface area (Å²) in [5.74, 6) is 0.877. The monoisotopic (exact) mass is 396 g/mol. The summed E-state index contributed by atoms with van der Waals surface area (Å²) in [4.78, 5) is 2.02. The van der Waals surface area contributed by atoms with Crippen molar-refractivity contribution in [1.82, 2.24) is 10.2 Å². The molecule has 3 aromatic rings. The summed E-state index contributed by atoms with van der Waals surface area (Å²) in [7, 11) is -3.50. The smallest absolute Gasteiger partial charge is 0.234 e. The van der Waals surface area contributed by atoms with E-state index in [1.807, 2.05) is 67.3 Å². The molecule has 3 rings (SSSR count). The summed E-state index contributed by atoms with van der Waals surface area (Å²) in [6.07, 6.45) is 0.443. The number of hydrogen-bond acceptors (Lipinski definition) is 5. The molecule has 1 aromatic heterocycles. The minimum absolute atomic E-state index is 0.00911. The molecule has 0 spiro atoms. The zero-order valence-corrected chi connectivity index (χ0v) is 16.9. The van der Waals surface area contributed by atoms with Crippen molar-refractivity contribution in [2.45, 2.75) is 20.3 Å². The Morgan fingerprint density at radius 3 is 2.39 bits per heavy atom. The van der Waals surface area contributed by atoms with Gasteiger partial charge in [-0.05, 0) is 55.7 Å². The van der Waals surface area contributed by atoms with Crippen LogP contribution in [-0.4, -0.2) is 30.9 Å². The second-order valence-electron chi connectivity index (χ2n) is 6.52. The van der Waals surface area contributed by atoms with Gasteiger partial charge in [-0.25, -0.2) is 8.42 Å². The first-order valence-corrected chi connectivity index (χ1v) is 10.8. The molecular formula is C21H24N4O2S. The summed E-state index contributed by atoms with van der Waals surface area (Å²) >= 11 is 0.